The molecule has 2 amide bonds. The Bertz CT molecular complexity index is 691. The SMILES string of the molecule is O=C([C@@H]1CC(=O)N(C2CC2)C1)N1CCCN(Cc2ccccc2F)CC1. The first-order chi connectivity index (χ1) is 12.6. The molecule has 1 aromatic carbocycles. The van der Waals surface area contributed by atoms with Gasteiger partial charge in [-0.15, -0.1) is 0 Å². The summed E-state index contributed by atoms with van der Waals surface area (Å²) in [5.74, 6) is -0.0911. The van der Waals surface area contributed by atoms with Gasteiger partial charge in [0.2, 0.25) is 11.8 Å². The van der Waals surface area contributed by atoms with Crippen LogP contribution in [-0.2, 0) is 16.1 Å². The Hall–Kier alpha value is -1.95. The van der Waals surface area contributed by atoms with E-state index in [1.165, 1.54) is 6.07 Å². The number of hydrogen-bond acceptors (Lipinski definition) is 3. The van der Waals surface area contributed by atoms with Gasteiger partial charge < -0.3 is 9.80 Å². The molecule has 2 saturated heterocycles. The Labute approximate surface area is 153 Å². The molecule has 2 aliphatic heterocycles. The number of nitrogens with zero attached hydrogens (tertiary/aromatic N) is 3. The van der Waals surface area contributed by atoms with Crippen LogP contribution in [0.15, 0.2) is 24.3 Å². The third kappa shape index (κ3) is 3.75. The Balaban J connectivity index is 1.32. The Morgan fingerprint density at radius 1 is 1.12 bits per heavy atom. The summed E-state index contributed by atoms with van der Waals surface area (Å²) >= 11 is 0. The summed E-state index contributed by atoms with van der Waals surface area (Å²) in [7, 11) is 0. The van der Waals surface area contributed by atoms with Crippen molar-refractivity contribution in [1.29, 1.82) is 0 Å². The average molecular weight is 359 g/mol. The minimum Gasteiger partial charge on any atom is -0.341 e. The summed E-state index contributed by atoms with van der Waals surface area (Å²) in [6, 6.07) is 7.26. The van der Waals surface area contributed by atoms with Crippen LogP contribution in [-0.4, -0.2) is 65.3 Å². The fraction of sp³-hybridized carbons (Fsp3) is 0.600. The second-order valence-electron chi connectivity index (χ2n) is 7.72. The number of likely N-dealkylation sites (tertiary alicyclic amines) is 1. The molecule has 6 heteroatoms. The van der Waals surface area contributed by atoms with Crippen molar-refractivity contribution in [2.45, 2.75) is 38.3 Å². The van der Waals surface area contributed by atoms with Crippen molar-refractivity contribution in [3.63, 3.8) is 0 Å². The van der Waals surface area contributed by atoms with E-state index >= 15 is 0 Å². The van der Waals surface area contributed by atoms with E-state index in [1.54, 1.807) is 6.07 Å². The highest BCUT2D eigenvalue weighted by molar-refractivity contribution is 5.89. The zero-order valence-electron chi connectivity index (χ0n) is 15.1. The van der Waals surface area contributed by atoms with Gasteiger partial charge in [-0.1, -0.05) is 18.2 Å². The molecule has 4 rings (SSSR count). The van der Waals surface area contributed by atoms with Crippen LogP contribution in [0.4, 0.5) is 4.39 Å². The molecule has 0 spiro atoms. The van der Waals surface area contributed by atoms with E-state index in [4.69, 9.17) is 0 Å². The molecule has 2 heterocycles. The van der Waals surface area contributed by atoms with Crippen molar-refractivity contribution in [2.24, 2.45) is 5.92 Å². The summed E-state index contributed by atoms with van der Waals surface area (Å²) < 4.78 is 13.9. The van der Waals surface area contributed by atoms with Crippen molar-refractivity contribution in [1.82, 2.24) is 14.7 Å². The van der Waals surface area contributed by atoms with E-state index in [0.717, 1.165) is 38.9 Å². The highest BCUT2D eigenvalue weighted by Gasteiger charge is 2.42. The summed E-state index contributed by atoms with van der Waals surface area (Å²) in [5, 5.41) is 0. The Morgan fingerprint density at radius 2 is 1.92 bits per heavy atom. The van der Waals surface area contributed by atoms with Gasteiger partial charge >= 0.3 is 0 Å². The molecule has 140 valence electrons. The van der Waals surface area contributed by atoms with Crippen LogP contribution in [0.5, 0.6) is 0 Å². The molecule has 1 atom stereocenters. The number of carbonyl (C=O) groups excluding carboxylic acids is 2. The van der Waals surface area contributed by atoms with Gasteiger partial charge in [0.15, 0.2) is 0 Å². The van der Waals surface area contributed by atoms with Crippen molar-refractivity contribution < 1.29 is 14.0 Å². The van der Waals surface area contributed by atoms with Crippen LogP contribution in [0.25, 0.3) is 0 Å². The van der Waals surface area contributed by atoms with Gasteiger partial charge in [-0.3, -0.25) is 14.5 Å². The minimum atomic E-state index is -0.179. The Kier molecular flexibility index (Phi) is 4.94. The lowest BCUT2D eigenvalue weighted by atomic mass is 10.1. The predicted molar refractivity (Wildman–Crippen MR) is 95.7 cm³/mol. The smallest absolute Gasteiger partial charge is 0.228 e. The van der Waals surface area contributed by atoms with Crippen LogP contribution in [0.2, 0.25) is 0 Å². The van der Waals surface area contributed by atoms with Crippen LogP contribution < -0.4 is 0 Å². The third-order valence-electron chi connectivity index (χ3n) is 5.75. The van der Waals surface area contributed by atoms with Crippen molar-refractivity contribution >= 4 is 11.8 Å². The fourth-order valence-electron chi connectivity index (χ4n) is 4.11. The van der Waals surface area contributed by atoms with Gasteiger partial charge in [-0.2, -0.15) is 0 Å². The zero-order valence-corrected chi connectivity index (χ0v) is 15.1. The molecule has 26 heavy (non-hydrogen) atoms. The largest absolute Gasteiger partial charge is 0.341 e. The lowest BCUT2D eigenvalue weighted by molar-refractivity contribution is -0.135. The van der Waals surface area contributed by atoms with Crippen LogP contribution in [0.3, 0.4) is 0 Å². The average Bonchev–Trinajstić information content (AvgIpc) is 3.43. The molecule has 0 N–H and O–H groups in total. The van der Waals surface area contributed by atoms with E-state index in [2.05, 4.69) is 4.90 Å². The highest BCUT2D eigenvalue weighted by Crippen LogP contribution is 2.33. The van der Waals surface area contributed by atoms with Crippen molar-refractivity contribution in [3.05, 3.63) is 35.6 Å². The molecule has 0 bridgehead atoms. The molecule has 0 aromatic heterocycles. The molecule has 1 aliphatic carbocycles. The molecule has 1 saturated carbocycles. The first-order valence-electron chi connectivity index (χ1n) is 9.66. The standard InChI is InChI=1S/C20H26FN3O2/c21-18-5-2-1-4-15(18)13-22-8-3-9-23(11-10-22)20(26)16-12-19(25)24(14-16)17-6-7-17/h1-2,4-5,16-17H,3,6-14H2/t16-/m1/s1. The number of benzene rings is 1. The van der Waals surface area contributed by atoms with Crippen LogP contribution >= 0.6 is 0 Å². The maximum absolute atomic E-state index is 13.9. The molecule has 0 radical (unpaired) electrons. The second kappa shape index (κ2) is 7.35. The third-order valence-corrected chi connectivity index (χ3v) is 5.75. The second-order valence-corrected chi connectivity index (χ2v) is 7.72. The number of amides is 2. The van der Waals surface area contributed by atoms with Crippen molar-refractivity contribution in [3.8, 4) is 0 Å². The molecule has 3 aliphatic rings. The molecular formula is C20H26FN3O2. The van der Waals surface area contributed by atoms with Crippen molar-refractivity contribution in [2.75, 3.05) is 32.7 Å². The minimum absolute atomic E-state index is 0.120. The molecule has 0 unspecified atom stereocenters. The molecular weight excluding hydrogens is 333 g/mol. The van der Waals surface area contributed by atoms with Gasteiger partial charge in [0.25, 0.3) is 0 Å². The summed E-state index contributed by atoms with van der Waals surface area (Å²) in [4.78, 5) is 31.0. The summed E-state index contributed by atoms with van der Waals surface area (Å²) in [6.07, 6.45) is 3.42. The zero-order chi connectivity index (χ0) is 18.1. The first-order valence-corrected chi connectivity index (χ1v) is 9.66. The van der Waals surface area contributed by atoms with Gasteiger partial charge in [-0.25, -0.2) is 4.39 Å². The van der Waals surface area contributed by atoms with Gasteiger partial charge in [-0.05, 0) is 25.3 Å². The number of halogens is 1. The lowest BCUT2D eigenvalue weighted by Gasteiger charge is -2.24. The van der Waals surface area contributed by atoms with Crippen LogP contribution in [0, 0.1) is 11.7 Å². The molecule has 3 fully saturated rings. The fourth-order valence-corrected chi connectivity index (χ4v) is 4.11. The number of rotatable bonds is 4. The maximum atomic E-state index is 13.9. The Morgan fingerprint density at radius 3 is 2.69 bits per heavy atom. The van der Waals surface area contributed by atoms with E-state index in [0.29, 0.717) is 37.7 Å². The normalized spacial score (nSPS) is 24.8. The predicted octanol–water partition coefficient (Wildman–Crippen LogP) is 1.87. The number of hydrogen-bond donors (Lipinski definition) is 0. The maximum Gasteiger partial charge on any atom is 0.228 e. The van der Waals surface area contributed by atoms with E-state index < -0.39 is 0 Å². The number of carbonyl (C=O) groups is 2. The van der Waals surface area contributed by atoms with E-state index in [-0.39, 0.29) is 23.5 Å². The van der Waals surface area contributed by atoms with E-state index in [1.807, 2.05) is 21.9 Å². The van der Waals surface area contributed by atoms with Gasteiger partial charge in [0.1, 0.15) is 5.82 Å². The quantitative estimate of drug-likeness (QED) is 0.824. The van der Waals surface area contributed by atoms with Gasteiger partial charge in [0, 0.05) is 57.3 Å². The summed E-state index contributed by atoms with van der Waals surface area (Å²) in [6.45, 7) is 4.15. The molecule has 5 nitrogen and oxygen atoms in total. The van der Waals surface area contributed by atoms with E-state index in [9.17, 15) is 14.0 Å². The first kappa shape index (κ1) is 17.5. The summed E-state index contributed by atoms with van der Waals surface area (Å²) in [5.41, 5.74) is 0.703. The highest BCUT2D eigenvalue weighted by atomic mass is 19.1. The lowest BCUT2D eigenvalue weighted by Crippen LogP contribution is -2.40. The topological polar surface area (TPSA) is 43.9 Å². The monoisotopic (exact) mass is 359 g/mol. The van der Waals surface area contributed by atoms with Gasteiger partial charge in [0.05, 0.1) is 5.92 Å². The van der Waals surface area contributed by atoms with Crippen LogP contribution in [0.1, 0.15) is 31.2 Å². The molecule has 1 aromatic rings.